The molecule has 0 radical (unpaired) electrons. The Morgan fingerprint density at radius 2 is 1.62 bits per heavy atom. The number of aryl methyl sites for hydroxylation is 2. The van der Waals surface area contributed by atoms with Crippen LogP contribution in [0, 0.1) is 13.8 Å². The van der Waals surface area contributed by atoms with Crippen molar-refractivity contribution in [3.8, 4) is 17.2 Å². The fraction of sp³-hybridized carbons (Fsp3) is 0.250. The molecular weight excluding hydrogens is 304 g/mol. The van der Waals surface area contributed by atoms with Gasteiger partial charge in [-0.2, -0.15) is 0 Å². The molecule has 0 fully saturated rings. The quantitative estimate of drug-likeness (QED) is 0.589. The first-order chi connectivity index (χ1) is 11.5. The number of carbonyl (C=O) groups excluding carboxylic acids is 1. The van der Waals surface area contributed by atoms with E-state index < -0.39 is 0 Å². The number of hydrogen-bond acceptors (Lipinski definition) is 4. The molecule has 0 atom stereocenters. The van der Waals surface area contributed by atoms with E-state index in [9.17, 15) is 4.79 Å². The van der Waals surface area contributed by atoms with E-state index in [4.69, 9.17) is 14.2 Å². The average molecular weight is 326 g/mol. The van der Waals surface area contributed by atoms with Gasteiger partial charge >= 0.3 is 0 Å². The minimum atomic E-state index is -0.0481. The highest BCUT2D eigenvalue weighted by atomic mass is 16.5. The summed E-state index contributed by atoms with van der Waals surface area (Å²) in [5, 5.41) is 0. The third-order valence-electron chi connectivity index (χ3n) is 3.81. The van der Waals surface area contributed by atoms with E-state index in [2.05, 4.69) is 0 Å². The second kappa shape index (κ2) is 7.68. The van der Waals surface area contributed by atoms with Gasteiger partial charge in [-0.15, -0.1) is 0 Å². The molecule has 0 bridgehead atoms. The van der Waals surface area contributed by atoms with Crippen LogP contribution in [0.4, 0.5) is 0 Å². The molecule has 2 rings (SSSR count). The molecule has 0 unspecified atom stereocenters. The third kappa shape index (κ3) is 3.59. The van der Waals surface area contributed by atoms with Crippen molar-refractivity contribution in [3.63, 3.8) is 0 Å². The maximum Gasteiger partial charge on any atom is 0.203 e. The van der Waals surface area contributed by atoms with Crippen LogP contribution in [0.2, 0.25) is 0 Å². The van der Waals surface area contributed by atoms with E-state index in [1.54, 1.807) is 39.5 Å². The molecular formula is C20H22O4. The number of allylic oxidation sites excluding steroid dienone is 1. The van der Waals surface area contributed by atoms with E-state index in [-0.39, 0.29) is 5.78 Å². The summed E-state index contributed by atoms with van der Waals surface area (Å²) in [5.74, 6) is 1.56. The molecule has 0 aromatic heterocycles. The van der Waals surface area contributed by atoms with Crippen molar-refractivity contribution in [3.05, 3.63) is 58.7 Å². The maximum atomic E-state index is 12.5. The molecule has 0 N–H and O–H groups in total. The Morgan fingerprint density at radius 1 is 0.917 bits per heavy atom. The number of hydrogen-bond donors (Lipinski definition) is 0. The third-order valence-corrected chi connectivity index (χ3v) is 3.81. The molecule has 0 aliphatic carbocycles. The van der Waals surface area contributed by atoms with Crippen LogP contribution in [0.5, 0.6) is 17.2 Å². The van der Waals surface area contributed by atoms with E-state index in [1.165, 1.54) is 0 Å². The van der Waals surface area contributed by atoms with Crippen LogP contribution in [0.1, 0.15) is 27.0 Å². The zero-order chi connectivity index (χ0) is 17.7. The zero-order valence-corrected chi connectivity index (χ0v) is 14.7. The van der Waals surface area contributed by atoms with Gasteiger partial charge < -0.3 is 14.2 Å². The Kier molecular flexibility index (Phi) is 5.64. The summed E-state index contributed by atoms with van der Waals surface area (Å²) < 4.78 is 16.0. The fourth-order valence-corrected chi connectivity index (χ4v) is 2.51. The van der Waals surface area contributed by atoms with Gasteiger partial charge in [-0.1, -0.05) is 17.7 Å². The molecule has 2 aromatic carbocycles. The lowest BCUT2D eigenvalue weighted by atomic mass is 10.0. The number of benzene rings is 2. The fourth-order valence-electron chi connectivity index (χ4n) is 2.51. The summed E-state index contributed by atoms with van der Waals surface area (Å²) in [6.45, 7) is 3.90. The van der Waals surface area contributed by atoms with Crippen LogP contribution in [-0.2, 0) is 0 Å². The molecule has 4 heteroatoms. The van der Waals surface area contributed by atoms with Gasteiger partial charge in [0.2, 0.25) is 5.75 Å². The van der Waals surface area contributed by atoms with Crippen LogP contribution >= 0.6 is 0 Å². The molecule has 24 heavy (non-hydrogen) atoms. The molecule has 0 amide bonds. The molecule has 0 aliphatic heterocycles. The standard InChI is InChI=1S/C20H22O4/c1-13-6-7-14(2)16(12-13)17(21)10-8-15-9-11-18(22-3)20(24-5)19(15)23-4/h6-12H,1-5H3/b10-8+. The Balaban J connectivity index is 2.38. The molecule has 0 saturated carbocycles. The lowest BCUT2D eigenvalue weighted by molar-refractivity contribution is 0.104. The Labute approximate surface area is 142 Å². The second-order valence-corrected chi connectivity index (χ2v) is 5.44. The number of rotatable bonds is 6. The Hall–Kier alpha value is -2.75. The molecule has 0 aliphatic rings. The summed E-state index contributed by atoms with van der Waals surface area (Å²) in [4.78, 5) is 12.5. The first-order valence-electron chi connectivity index (χ1n) is 7.60. The Bertz CT molecular complexity index is 775. The van der Waals surface area contributed by atoms with Crippen molar-refractivity contribution in [2.24, 2.45) is 0 Å². The van der Waals surface area contributed by atoms with Crippen molar-refractivity contribution in [2.75, 3.05) is 21.3 Å². The van der Waals surface area contributed by atoms with E-state index in [1.807, 2.05) is 38.1 Å². The number of methoxy groups -OCH3 is 3. The van der Waals surface area contributed by atoms with Crippen molar-refractivity contribution in [2.45, 2.75) is 13.8 Å². The van der Waals surface area contributed by atoms with Crippen molar-refractivity contribution >= 4 is 11.9 Å². The lowest BCUT2D eigenvalue weighted by Crippen LogP contribution is -1.99. The summed E-state index contributed by atoms with van der Waals surface area (Å²) >= 11 is 0. The van der Waals surface area contributed by atoms with E-state index in [0.717, 1.165) is 16.7 Å². The predicted octanol–water partition coefficient (Wildman–Crippen LogP) is 4.23. The van der Waals surface area contributed by atoms with Gasteiger partial charge in [0.15, 0.2) is 17.3 Å². The van der Waals surface area contributed by atoms with Gasteiger partial charge in [-0.05, 0) is 49.8 Å². The van der Waals surface area contributed by atoms with Crippen LogP contribution in [0.15, 0.2) is 36.4 Å². The van der Waals surface area contributed by atoms with Crippen LogP contribution in [0.25, 0.3) is 6.08 Å². The number of ketones is 1. The molecule has 0 saturated heterocycles. The highest BCUT2D eigenvalue weighted by Crippen LogP contribution is 2.40. The molecule has 4 nitrogen and oxygen atoms in total. The minimum absolute atomic E-state index is 0.0481. The van der Waals surface area contributed by atoms with Gasteiger partial charge in [0.1, 0.15) is 0 Å². The zero-order valence-electron chi connectivity index (χ0n) is 14.7. The predicted molar refractivity (Wildman–Crippen MR) is 95.4 cm³/mol. The monoisotopic (exact) mass is 326 g/mol. The lowest BCUT2D eigenvalue weighted by Gasteiger charge is -2.14. The van der Waals surface area contributed by atoms with Crippen molar-refractivity contribution < 1.29 is 19.0 Å². The van der Waals surface area contributed by atoms with Gasteiger partial charge in [-0.3, -0.25) is 4.79 Å². The SMILES string of the molecule is COc1ccc(/C=C/C(=O)c2cc(C)ccc2C)c(OC)c1OC. The van der Waals surface area contributed by atoms with Crippen LogP contribution in [0.3, 0.4) is 0 Å². The van der Waals surface area contributed by atoms with Crippen molar-refractivity contribution in [1.29, 1.82) is 0 Å². The van der Waals surface area contributed by atoms with Gasteiger partial charge in [0.25, 0.3) is 0 Å². The maximum absolute atomic E-state index is 12.5. The number of ether oxygens (including phenoxy) is 3. The number of carbonyl (C=O) groups is 1. The first kappa shape index (κ1) is 17.6. The van der Waals surface area contributed by atoms with Gasteiger partial charge in [-0.25, -0.2) is 0 Å². The van der Waals surface area contributed by atoms with Crippen molar-refractivity contribution in [1.82, 2.24) is 0 Å². The normalized spacial score (nSPS) is 10.7. The van der Waals surface area contributed by atoms with Crippen LogP contribution < -0.4 is 14.2 Å². The summed E-state index contributed by atoms with van der Waals surface area (Å²) in [6, 6.07) is 9.45. The molecule has 126 valence electrons. The highest BCUT2D eigenvalue weighted by Gasteiger charge is 2.14. The first-order valence-corrected chi connectivity index (χ1v) is 7.60. The molecule has 0 spiro atoms. The molecule has 2 aromatic rings. The largest absolute Gasteiger partial charge is 0.493 e. The minimum Gasteiger partial charge on any atom is -0.493 e. The average Bonchev–Trinajstić information content (AvgIpc) is 2.60. The molecule has 0 heterocycles. The van der Waals surface area contributed by atoms with E-state index in [0.29, 0.717) is 22.8 Å². The summed E-state index contributed by atoms with van der Waals surface area (Å²) in [7, 11) is 4.67. The summed E-state index contributed by atoms with van der Waals surface area (Å²) in [6.07, 6.45) is 3.27. The highest BCUT2D eigenvalue weighted by molar-refractivity contribution is 6.08. The van der Waals surface area contributed by atoms with Gasteiger partial charge in [0, 0.05) is 11.1 Å². The topological polar surface area (TPSA) is 44.8 Å². The second-order valence-electron chi connectivity index (χ2n) is 5.44. The van der Waals surface area contributed by atoms with E-state index >= 15 is 0 Å². The van der Waals surface area contributed by atoms with Gasteiger partial charge in [0.05, 0.1) is 21.3 Å². The summed E-state index contributed by atoms with van der Waals surface area (Å²) in [5.41, 5.74) is 3.45. The van der Waals surface area contributed by atoms with Crippen LogP contribution in [-0.4, -0.2) is 27.1 Å². The Morgan fingerprint density at radius 3 is 2.25 bits per heavy atom. The smallest absolute Gasteiger partial charge is 0.203 e.